The van der Waals surface area contributed by atoms with Crippen LogP contribution in [-0.2, 0) is 37.3 Å². The van der Waals surface area contributed by atoms with Crippen molar-refractivity contribution in [1.29, 1.82) is 0 Å². The van der Waals surface area contributed by atoms with E-state index in [-0.39, 0.29) is 48.1 Å². The first-order valence-electron chi connectivity index (χ1n) is 22.0. The molecule has 8 rings (SSSR count). The Bertz CT molecular complexity index is 2790. The molecule has 6 heteroatoms. The van der Waals surface area contributed by atoms with E-state index < -0.39 is 0 Å². The van der Waals surface area contributed by atoms with E-state index in [1.54, 1.807) is 0 Å². The molecule has 0 amide bonds. The molecule has 1 aliphatic heterocycles. The van der Waals surface area contributed by atoms with E-state index in [0.29, 0.717) is 11.5 Å². The van der Waals surface area contributed by atoms with Gasteiger partial charge < -0.3 is 19.1 Å². The molecule has 2 aromatic heterocycles. The third kappa shape index (κ3) is 8.88. The third-order valence-corrected chi connectivity index (χ3v) is 12.3. The van der Waals surface area contributed by atoms with Gasteiger partial charge in [0, 0.05) is 77.6 Å². The van der Waals surface area contributed by atoms with E-state index in [4.69, 9.17) is 9.72 Å². The molecule has 3 heterocycles. The van der Waals surface area contributed by atoms with E-state index in [1.165, 1.54) is 39.3 Å². The summed E-state index contributed by atoms with van der Waals surface area (Å²) in [5, 5.41) is 2.23. The summed E-state index contributed by atoms with van der Waals surface area (Å²) in [6, 6.07) is 48.3. The van der Waals surface area contributed by atoms with Gasteiger partial charge in [-0.2, -0.15) is 12.1 Å². The van der Waals surface area contributed by atoms with Crippen molar-refractivity contribution in [1.82, 2.24) is 9.55 Å². The normalized spacial score (nSPS) is 14.2. The summed E-state index contributed by atoms with van der Waals surface area (Å²) in [7, 11) is 0. The fourth-order valence-corrected chi connectivity index (χ4v) is 8.76. The molecule has 0 unspecified atom stereocenters. The molecule has 0 spiro atoms. The van der Waals surface area contributed by atoms with Gasteiger partial charge in [0.2, 0.25) is 0 Å². The zero-order chi connectivity index (χ0) is 44.6. The Hall–Kier alpha value is -5.12. The molecule has 5 aromatic carbocycles. The van der Waals surface area contributed by atoms with Crippen molar-refractivity contribution in [2.45, 2.75) is 113 Å². The molecule has 5 nitrogen and oxygen atoms in total. The minimum Gasteiger partial charge on any atom is -0.509 e. The van der Waals surface area contributed by atoms with Crippen LogP contribution in [-0.4, -0.2) is 9.55 Å². The zero-order valence-corrected chi connectivity index (χ0v) is 41.9. The van der Waals surface area contributed by atoms with Gasteiger partial charge in [-0.1, -0.05) is 157 Å². The molecule has 0 aliphatic carbocycles. The molecule has 0 radical (unpaired) electrons. The number of aromatic nitrogens is 2. The standard InChI is InChI=1S/C57H63N4O.Pt/c1-53(2,3)40-31-41(54(4,5)6)33-43(32-40)60-37-59(51(55(7,8)9)52(60)56(10,11)12)42-23-20-24-44(35-42)62-45-27-28-47-46-25-18-19-26-48(46)61(49(47)36-45)50-34-39(29-30-58-50)57(13,14)38-21-16-15-17-22-38;/h15-34,37H,1-14H3;/q-3;. The fraction of sp³-hybridized carbons (Fsp3) is 0.333. The van der Waals surface area contributed by atoms with Crippen LogP contribution in [0.4, 0.5) is 11.4 Å². The van der Waals surface area contributed by atoms with Crippen LogP contribution in [0.5, 0.6) is 11.5 Å². The van der Waals surface area contributed by atoms with Gasteiger partial charge >= 0.3 is 0 Å². The fourth-order valence-electron chi connectivity index (χ4n) is 8.76. The minimum absolute atomic E-state index is 0. The molecule has 7 aromatic rings. The SMILES string of the molecule is CC(C)(C)C1=C(C(C)(C)C)N(c2cc(C(C)(C)C)cc(C(C)(C)C)c2)[CH-]N1c1[c-]c(Oc2[c-]c3c(cc2)c2ccccc2n3-c2cc(C(C)(C)c3ccccc3)ccn2)ccc1.[Pt]. The maximum absolute atomic E-state index is 6.73. The molecule has 63 heavy (non-hydrogen) atoms. The summed E-state index contributed by atoms with van der Waals surface area (Å²) in [6.45, 7) is 34.5. The Morgan fingerprint density at radius 3 is 1.75 bits per heavy atom. The van der Waals surface area contributed by atoms with Crippen molar-refractivity contribution in [2.75, 3.05) is 9.80 Å². The number of para-hydroxylation sites is 1. The average Bonchev–Trinajstić information content (AvgIpc) is 3.79. The Kier molecular flexibility index (Phi) is 12.0. The van der Waals surface area contributed by atoms with Gasteiger partial charge in [-0.05, 0) is 68.8 Å². The van der Waals surface area contributed by atoms with Crippen LogP contribution >= 0.6 is 0 Å². The summed E-state index contributed by atoms with van der Waals surface area (Å²) in [5.74, 6) is 2.07. The quantitative estimate of drug-likeness (QED) is 0.149. The molecule has 330 valence electrons. The Balaban J connectivity index is 0.00000595. The Morgan fingerprint density at radius 2 is 1.11 bits per heavy atom. The molecule has 0 N–H and O–H groups in total. The maximum atomic E-state index is 6.73. The molecule has 0 fully saturated rings. The van der Waals surface area contributed by atoms with Crippen molar-refractivity contribution in [3.63, 3.8) is 0 Å². The van der Waals surface area contributed by atoms with E-state index in [9.17, 15) is 0 Å². The van der Waals surface area contributed by atoms with Crippen molar-refractivity contribution in [2.24, 2.45) is 10.8 Å². The molecule has 0 bridgehead atoms. The number of benzene rings is 5. The Morgan fingerprint density at radius 1 is 0.508 bits per heavy atom. The number of ether oxygens (including phenoxy) is 1. The minimum atomic E-state index is -0.220. The van der Waals surface area contributed by atoms with Crippen LogP contribution in [0.3, 0.4) is 0 Å². The van der Waals surface area contributed by atoms with Gasteiger partial charge in [0.25, 0.3) is 0 Å². The van der Waals surface area contributed by atoms with Gasteiger partial charge in [-0.15, -0.1) is 48.1 Å². The summed E-state index contributed by atoms with van der Waals surface area (Å²) in [6.07, 6.45) is 1.92. The van der Waals surface area contributed by atoms with E-state index in [0.717, 1.165) is 33.3 Å². The first-order chi connectivity index (χ1) is 29.0. The molecule has 0 saturated carbocycles. The molecule has 0 atom stereocenters. The van der Waals surface area contributed by atoms with E-state index in [1.807, 2.05) is 18.3 Å². The second-order valence-corrected chi connectivity index (χ2v) is 21.7. The topological polar surface area (TPSA) is 33.5 Å². The maximum Gasteiger partial charge on any atom is 0.135 e. The predicted octanol–water partition coefficient (Wildman–Crippen LogP) is 15.2. The predicted molar refractivity (Wildman–Crippen MR) is 260 cm³/mol. The van der Waals surface area contributed by atoms with Gasteiger partial charge in [-0.25, -0.2) is 4.98 Å². The summed E-state index contributed by atoms with van der Waals surface area (Å²) in [5.41, 5.74) is 11.0. The first kappa shape index (κ1) is 45.9. The zero-order valence-electron chi connectivity index (χ0n) is 39.6. The van der Waals surface area contributed by atoms with Gasteiger partial charge in [0.1, 0.15) is 5.82 Å². The number of rotatable bonds is 7. The van der Waals surface area contributed by atoms with Crippen LogP contribution in [0.25, 0.3) is 27.6 Å². The summed E-state index contributed by atoms with van der Waals surface area (Å²) >= 11 is 0. The molecule has 1 aliphatic rings. The van der Waals surface area contributed by atoms with Crippen molar-refractivity contribution in [3.8, 4) is 17.3 Å². The Labute approximate surface area is 391 Å². The number of hydrogen-bond acceptors (Lipinski definition) is 4. The number of allylic oxidation sites excluding steroid dienone is 2. The van der Waals surface area contributed by atoms with Crippen LogP contribution in [0, 0.1) is 29.6 Å². The van der Waals surface area contributed by atoms with E-state index in [2.05, 4.69) is 233 Å². The van der Waals surface area contributed by atoms with Crippen molar-refractivity contribution >= 4 is 33.2 Å². The molecular formula is C57H63N4OPt-3. The van der Waals surface area contributed by atoms with Crippen LogP contribution in [0.1, 0.15) is 119 Å². The largest absolute Gasteiger partial charge is 0.509 e. The van der Waals surface area contributed by atoms with Gasteiger partial charge in [0.15, 0.2) is 0 Å². The molecular weight excluding hydrogens is 952 g/mol. The average molecular weight is 1020 g/mol. The second kappa shape index (κ2) is 16.5. The molecule has 0 saturated heterocycles. The summed E-state index contributed by atoms with van der Waals surface area (Å²) in [4.78, 5) is 9.70. The first-order valence-corrected chi connectivity index (χ1v) is 22.0. The van der Waals surface area contributed by atoms with Crippen molar-refractivity contribution < 1.29 is 25.8 Å². The number of pyridine rings is 1. The summed E-state index contributed by atoms with van der Waals surface area (Å²) < 4.78 is 8.94. The number of anilines is 2. The van der Waals surface area contributed by atoms with Crippen molar-refractivity contribution in [3.05, 3.63) is 174 Å². The monoisotopic (exact) mass is 1010 g/mol. The van der Waals surface area contributed by atoms with E-state index >= 15 is 0 Å². The number of fused-ring (bicyclic) bond motifs is 3. The van der Waals surface area contributed by atoms with Crippen LogP contribution in [0.2, 0.25) is 0 Å². The third-order valence-electron chi connectivity index (χ3n) is 12.3. The smallest absolute Gasteiger partial charge is 0.135 e. The number of hydrogen-bond donors (Lipinski definition) is 0. The van der Waals surface area contributed by atoms with Gasteiger partial charge in [0.05, 0.1) is 0 Å². The van der Waals surface area contributed by atoms with Crippen LogP contribution in [0.15, 0.2) is 133 Å². The van der Waals surface area contributed by atoms with Gasteiger partial charge in [-0.3, -0.25) is 0 Å². The number of nitrogens with zero attached hydrogens (tertiary/aromatic N) is 4. The van der Waals surface area contributed by atoms with Crippen LogP contribution < -0.4 is 14.5 Å². The second-order valence-electron chi connectivity index (χ2n) is 21.7.